The van der Waals surface area contributed by atoms with Crippen LogP contribution in [0.3, 0.4) is 0 Å². The summed E-state index contributed by atoms with van der Waals surface area (Å²) in [4.78, 5) is 0.233. The maximum absolute atomic E-state index is 12.5. The zero-order valence-corrected chi connectivity index (χ0v) is 10.9. The average Bonchev–Trinajstić information content (AvgIpc) is 2.40. The Hall–Kier alpha value is -1.64. The van der Waals surface area contributed by atoms with Gasteiger partial charge in [0.1, 0.15) is 0 Å². The highest BCUT2D eigenvalue weighted by molar-refractivity contribution is 7.89. The summed E-state index contributed by atoms with van der Waals surface area (Å²) in [5.41, 5.74) is 1.04. The Morgan fingerprint density at radius 1 is 1.33 bits per heavy atom. The maximum atomic E-state index is 12.5. The van der Waals surface area contributed by atoms with Gasteiger partial charge in [-0.05, 0) is 31.0 Å². The minimum absolute atomic E-state index is 0.233. The van der Waals surface area contributed by atoms with Crippen molar-refractivity contribution in [3.8, 4) is 6.07 Å². The Morgan fingerprint density at radius 3 is 2.72 bits per heavy atom. The van der Waals surface area contributed by atoms with Crippen molar-refractivity contribution in [2.45, 2.75) is 18.2 Å². The summed E-state index contributed by atoms with van der Waals surface area (Å²) < 4.78 is 26.4. The van der Waals surface area contributed by atoms with Crippen LogP contribution in [-0.4, -0.2) is 25.8 Å². The lowest BCUT2D eigenvalue weighted by Crippen LogP contribution is -2.34. The topological polar surface area (TPSA) is 61.2 Å². The van der Waals surface area contributed by atoms with Gasteiger partial charge < -0.3 is 0 Å². The molecule has 1 aliphatic heterocycles. The zero-order chi connectivity index (χ0) is 13.2. The van der Waals surface area contributed by atoms with Gasteiger partial charge in [0.05, 0.1) is 16.5 Å². The molecule has 0 N–H and O–H groups in total. The van der Waals surface area contributed by atoms with Crippen molar-refractivity contribution in [2.24, 2.45) is 0 Å². The summed E-state index contributed by atoms with van der Waals surface area (Å²) in [5, 5.41) is 8.86. The highest BCUT2D eigenvalue weighted by atomic mass is 32.2. The van der Waals surface area contributed by atoms with Crippen molar-refractivity contribution in [1.82, 2.24) is 4.31 Å². The van der Waals surface area contributed by atoms with Crippen LogP contribution in [-0.2, 0) is 10.0 Å². The van der Waals surface area contributed by atoms with E-state index < -0.39 is 10.0 Å². The quantitative estimate of drug-likeness (QED) is 0.764. The minimum Gasteiger partial charge on any atom is -0.207 e. The van der Waals surface area contributed by atoms with Gasteiger partial charge in [0.2, 0.25) is 10.0 Å². The van der Waals surface area contributed by atoms with Gasteiger partial charge in [-0.3, -0.25) is 0 Å². The molecule has 0 aliphatic carbocycles. The molecule has 0 bridgehead atoms. The van der Waals surface area contributed by atoms with E-state index in [2.05, 4.69) is 0 Å². The smallest absolute Gasteiger partial charge is 0.207 e. The van der Waals surface area contributed by atoms with E-state index >= 15 is 0 Å². The first-order chi connectivity index (χ1) is 8.55. The van der Waals surface area contributed by atoms with E-state index in [1.807, 2.05) is 18.2 Å². The largest absolute Gasteiger partial charge is 0.243 e. The molecule has 0 spiro atoms. The molecule has 0 saturated carbocycles. The first-order valence-corrected chi connectivity index (χ1v) is 7.15. The first kappa shape index (κ1) is 12.8. The molecule has 1 heterocycles. The highest BCUT2D eigenvalue weighted by Gasteiger charge is 2.26. The average molecular weight is 262 g/mol. The van der Waals surface area contributed by atoms with Crippen molar-refractivity contribution in [3.63, 3.8) is 0 Å². The van der Waals surface area contributed by atoms with Gasteiger partial charge in [-0.2, -0.15) is 9.57 Å². The molecule has 0 amide bonds. The van der Waals surface area contributed by atoms with E-state index in [9.17, 15) is 8.42 Å². The van der Waals surface area contributed by atoms with Gasteiger partial charge in [0, 0.05) is 13.1 Å². The fourth-order valence-electron chi connectivity index (χ4n) is 1.92. The van der Waals surface area contributed by atoms with Crippen LogP contribution in [0.25, 0.3) is 0 Å². The number of hydrogen-bond acceptors (Lipinski definition) is 3. The van der Waals surface area contributed by atoms with E-state index in [0.717, 1.165) is 6.42 Å². The second kappa shape index (κ2) is 4.92. The van der Waals surface area contributed by atoms with Crippen LogP contribution in [0.5, 0.6) is 0 Å². The molecule has 94 valence electrons. The Kier molecular flexibility index (Phi) is 3.50. The van der Waals surface area contributed by atoms with Crippen molar-refractivity contribution in [2.75, 3.05) is 13.1 Å². The third kappa shape index (κ3) is 2.30. The van der Waals surface area contributed by atoms with E-state index in [1.54, 1.807) is 19.1 Å². The number of nitrogens with zero attached hydrogens (tertiary/aromatic N) is 2. The van der Waals surface area contributed by atoms with Crippen molar-refractivity contribution < 1.29 is 8.42 Å². The fraction of sp³-hybridized carbons (Fsp3) is 0.308. The molecule has 0 saturated heterocycles. The molecule has 0 aromatic heterocycles. The lowest BCUT2D eigenvalue weighted by Gasteiger charge is -2.23. The van der Waals surface area contributed by atoms with Gasteiger partial charge >= 0.3 is 0 Å². The third-order valence-corrected chi connectivity index (χ3v) is 4.96. The lowest BCUT2D eigenvalue weighted by molar-refractivity contribution is 0.437. The van der Waals surface area contributed by atoms with Crippen LogP contribution in [0.2, 0.25) is 0 Å². The summed E-state index contributed by atoms with van der Waals surface area (Å²) in [6.45, 7) is 2.64. The maximum Gasteiger partial charge on any atom is 0.243 e. The molecule has 1 aliphatic rings. The second-order valence-corrected chi connectivity index (χ2v) is 6.12. The van der Waals surface area contributed by atoms with Gasteiger partial charge in [0.25, 0.3) is 0 Å². The number of rotatable bonds is 2. The number of sulfonamides is 1. The Balaban J connectivity index is 2.47. The molecular weight excluding hydrogens is 248 g/mol. The predicted octanol–water partition coefficient (Wildman–Crippen LogP) is 1.82. The normalized spacial score (nSPS) is 16.4. The summed E-state index contributed by atoms with van der Waals surface area (Å²) in [6.07, 6.45) is 4.56. The monoisotopic (exact) mass is 262 g/mol. The minimum atomic E-state index is -3.49. The summed E-state index contributed by atoms with van der Waals surface area (Å²) in [6, 6.07) is 6.72. The van der Waals surface area contributed by atoms with Crippen LogP contribution in [0.1, 0.15) is 17.5 Å². The molecule has 2 rings (SSSR count). The summed E-state index contributed by atoms with van der Waals surface area (Å²) >= 11 is 0. The SMILES string of the molecule is Cc1ccc(C#N)cc1S(=O)(=O)N1CC=CCC1. The van der Waals surface area contributed by atoms with Crippen LogP contribution in [0.4, 0.5) is 0 Å². The van der Waals surface area contributed by atoms with Crippen LogP contribution < -0.4 is 0 Å². The number of aryl methyl sites for hydroxylation is 1. The third-order valence-electron chi connectivity index (χ3n) is 2.96. The van der Waals surface area contributed by atoms with E-state index in [4.69, 9.17) is 5.26 Å². The molecule has 0 atom stereocenters. The molecular formula is C13H14N2O2S. The van der Waals surface area contributed by atoms with Crippen LogP contribution in [0.15, 0.2) is 35.2 Å². The predicted molar refractivity (Wildman–Crippen MR) is 68.4 cm³/mol. The molecule has 1 aromatic carbocycles. The zero-order valence-electron chi connectivity index (χ0n) is 10.1. The van der Waals surface area contributed by atoms with E-state index in [0.29, 0.717) is 24.2 Å². The van der Waals surface area contributed by atoms with Gasteiger partial charge in [-0.1, -0.05) is 18.2 Å². The number of hydrogen-bond donors (Lipinski definition) is 0. The van der Waals surface area contributed by atoms with Crippen molar-refractivity contribution >= 4 is 10.0 Å². The first-order valence-electron chi connectivity index (χ1n) is 5.71. The molecule has 5 heteroatoms. The molecule has 18 heavy (non-hydrogen) atoms. The summed E-state index contributed by atoms with van der Waals surface area (Å²) in [5.74, 6) is 0. The molecule has 0 fully saturated rings. The Morgan fingerprint density at radius 2 is 2.11 bits per heavy atom. The highest BCUT2D eigenvalue weighted by Crippen LogP contribution is 2.22. The summed E-state index contributed by atoms with van der Waals surface area (Å²) in [7, 11) is -3.49. The molecule has 4 nitrogen and oxygen atoms in total. The van der Waals surface area contributed by atoms with Crippen molar-refractivity contribution in [1.29, 1.82) is 5.26 Å². The Bertz CT molecular complexity index is 627. The molecule has 1 aromatic rings. The molecule has 0 unspecified atom stereocenters. The van der Waals surface area contributed by atoms with Gasteiger partial charge in [-0.15, -0.1) is 0 Å². The van der Waals surface area contributed by atoms with E-state index in [-0.39, 0.29) is 4.90 Å². The van der Waals surface area contributed by atoms with E-state index in [1.165, 1.54) is 10.4 Å². The van der Waals surface area contributed by atoms with Gasteiger partial charge in [-0.25, -0.2) is 8.42 Å². The standard InChI is InChI=1S/C13H14N2O2S/c1-11-5-6-12(10-14)9-13(11)18(16,17)15-7-3-2-4-8-15/h2-3,5-6,9H,4,7-8H2,1H3. The lowest BCUT2D eigenvalue weighted by atomic mass is 10.2. The number of benzene rings is 1. The Labute approximate surface area is 107 Å². The van der Waals surface area contributed by atoms with Crippen LogP contribution >= 0.6 is 0 Å². The van der Waals surface area contributed by atoms with Crippen LogP contribution in [0, 0.1) is 18.3 Å². The fourth-order valence-corrected chi connectivity index (χ4v) is 3.58. The second-order valence-electron chi connectivity index (χ2n) is 4.22. The van der Waals surface area contributed by atoms with Gasteiger partial charge in [0.15, 0.2) is 0 Å². The number of nitriles is 1. The molecule has 0 radical (unpaired) electrons. The van der Waals surface area contributed by atoms with Crippen molar-refractivity contribution in [3.05, 3.63) is 41.5 Å².